The van der Waals surface area contributed by atoms with E-state index in [2.05, 4.69) is 0 Å². The molecule has 0 unspecified atom stereocenters. The van der Waals surface area contributed by atoms with E-state index in [-0.39, 0.29) is 14.9 Å². The second kappa shape index (κ2) is 159. The largest absolute Gasteiger partial charge is 0.351 e. The van der Waals surface area contributed by atoms with Gasteiger partial charge in [0.05, 0.1) is 14.1 Å². The molecule has 0 fully saturated rings. The highest BCUT2D eigenvalue weighted by atomic mass is 14.7. The minimum Gasteiger partial charge on any atom is -0.351 e. The smallest absolute Gasteiger partial charge is 0.0647 e. The van der Waals surface area contributed by atoms with E-state index in [1.54, 1.807) is 0 Å². The molecule has 0 heterocycles. The van der Waals surface area contributed by atoms with Gasteiger partial charge in [-0.3, -0.25) is 0 Å². The van der Waals surface area contributed by atoms with E-state index in [4.69, 9.17) is 0 Å². The van der Waals surface area contributed by atoms with Crippen LogP contribution in [0.1, 0.15) is 28.7 Å². The lowest BCUT2D eigenvalue weighted by Crippen LogP contribution is -2.74. The molecule has 0 aliphatic carbocycles. The van der Waals surface area contributed by atoms with E-state index in [9.17, 15) is 0 Å². The third-order valence-corrected chi connectivity index (χ3v) is 0. The summed E-state index contributed by atoms with van der Waals surface area (Å²) in [5.74, 6) is 0. The molecule has 0 aromatic rings. The molecule has 0 amide bonds. The Hall–Kier alpha value is -0.0400. The summed E-state index contributed by atoms with van der Waals surface area (Å²) < 4.78 is 0. The van der Waals surface area contributed by atoms with Crippen LogP contribution in [0.5, 0.6) is 0 Å². The summed E-state index contributed by atoms with van der Waals surface area (Å²) in [7, 11) is 4.00. The van der Waals surface area contributed by atoms with Gasteiger partial charge in [0, 0.05) is 0 Å². The topological polar surface area (TPSA) is 16.6 Å². The molecule has 2 N–H and O–H groups in total. The molecule has 1 nitrogen and oxygen atoms in total. The van der Waals surface area contributed by atoms with Crippen molar-refractivity contribution in [1.82, 2.24) is 0 Å². The SMILES string of the molecule is C.C.CC.C[NH2+]C. The van der Waals surface area contributed by atoms with E-state index in [1.165, 1.54) is 0 Å². The van der Waals surface area contributed by atoms with Crippen LogP contribution in [0.25, 0.3) is 0 Å². The molecule has 50 valence electrons. The van der Waals surface area contributed by atoms with Crippen molar-refractivity contribution in [2.24, 2.45) is 0 Å². The maximum atomic E-state index is 2.00. The molecule has 0 aromatic heterocycles. The van der Waals surface area contributed by atoms with E-state index >= 15 is 0 Å². The molecular weight excluding hydrogens is 86.1 g/mol. The van der Waals surface area contributed by atoms with Crippen LogP contribution in [0.2, 0.25) is 0 Å². The first kappa shape index (κ1) is 28.2. The van der Waals surface area contributed by atoms with Gasteiger partial charge in [-0.05, 0) is 0 Å². The Kier molecular flexibility index (Phi) is 641. The van der Waals surface area contributed by atoms with Crippen molar-refractivity contribution in [3.05, 3.63) is 0 Å². The molecule has 0 aromatic carbocycles. The van der Waals surface area contributed by atoms with Gasteiger partial charge in [0.25, 0.3) is 0 Å². The third-order valence-electron chi connectivity index (χ3n) is 0. The van der Waals surface area contributed by atoms with Gasteiger partial charge in [-0.1, -0.05) is 28.7 Å². The lowest BCUT2D eigenvalue weighted by Gasteiger charge is -1.57. The lowest BCUT2D eigenvalue weighted by molar-refractivity contribution is -0.597. The van der Waals surface area contributed by atoms with Crippen LogP contribution in [0.3, 0.4) is 0 Å². The summed E-state index contributed by atoms with van der Waals surface area (Å²) in [6.45, 7) is 4.00. The molecular formula is C6H22N+. The van der Waals surface area contributed by atoms with Crippen LogP contribution in [-0.2, 0) is 0 Å². The Morgan fingerprint density at radius 3 is 0.857 bits per heavy atom. The number of rotatable bonds is 0. The number of quaternary nitrogens is 1. The molecule has 0 aliphatic heterocycles. The summed E-state index contributed by atoms with van der Waals surface area (Å²) in [6.07, 6.45) is 0. The van der Waals surface area contributed by atoms with Crippen molar-refractivity contribution in [2.45, 2.75) is 28.7 Å². The average Bonchev–Trinajstić information content (AvgIpc) is 1.46. The van der Waals surface area contributed by atoms with Crippen molar-refractivity contribution >= 4 is 0 Å². The highest BCUT2D eigenvalue weighted by molar-refractivity contribution is 3.50. The van der Waals surface area contributed by atoms with Gasteiger partial charge in [-0.25, -0.2) is 0 Å². The van der Waals surface area contributed by atoms with Gasteiger partial charge in [-0.15, -0.1) is 0 Å². The standard InChI is InChI=1S/C2H7N.C2H6.2CH4/c1-3-2;1-2;;/h3H,1-2H3;1-2H3;2*1H4/p+1. The number of hydrogen-bond donors (Lipinski definition) is 1. The molecule has 7 heavy (non-hydrogen) atoms. The van der Waals surface area contributed by atoms with Crippen molar-refractivity contribution in [3.8, 4) is 0 Å². The van der Waals surface area contributed by atoms with Gasteiger partial charge in [0.1, 0.15) is 0 Å². The van der Waals surface area contributed by atoms with Gasteiger partial charge < -0.3 is 5.32 Å². The van der Waals surface area contributed by atoms with E-state index in [1.807, 2.05) is 33.3 Å². The second-order valence-corrected chi connectivity index (χ2v) is 0.577. The summed E-state index contributed by atoms with van der Waals surface area (Å²) in [5.41, 5.74) is 0. The fourth-order valence-corrected chi connectivity index (χ4v) is 0. The van der Waals surface area contributed by atoms with Crippen LogP contribution in [-0.4, -0.2) is 14.1 Å². The molecule has 0 rings (SSSR count). The van der Waals surface area contributed by atoms with Crippen molar-refractivity contribution in [2.75, 3.05) is 14.1 Å². The highest BCUT2D eigenvalue weighted by Crippen LogP contribution is 1.14. The lowest BCUT2D eigenvalue weighted by atomic mass is 11.0. The Labute approximate surface area is 49.1 Å². The molecule has 0 aliphatic rings. The highest BCUT2D eigenvalue weighted by Gasteiger charge is 1.29. The van der Waals surface area contributed by atoms with Crippen LogP contribution < -0.4 is 5.32 Å². The van der Waals surface area contributed by atoms with Crippen molar-refractivity contribution in [3.63, 3.8) is 0 Å². The fraction of sp³-hybridized carbons (Fsp3) is 1.00. The number of hydrogen-bond acceptors (Lipinski definition) is 0. The zero-order valence-electron chi connectivity index (χ0n) is 4.58. The maximum absolute atomic E-state index is 2.00. The van der Waals surface area contributed by atoms with Crippen LogP contribution in [0, 0.1) is 0 Å². The molecule has 1 heteroatoms. The first-order valence-electron chi connectivity index (χ1n) is 2.15. The molecule has 0 radical (unpaired) electrons. The summed E-state index contributed by atoms with van der Waals surface area (Å²) >= 11 is 0. The quantitative estimate of drug-likeness (QED) is 0.478. The molecule has 0 saturated carbocycles. The van der Waals surface area contributed by atoms with Crippen molar-refractivity contribution in [1.29, 1.82) is 0 Å². The molecule has 0 spiro atoms. The Balaban J connectivity index is -0.0000000105. The normalized spacial score (nSPS) is 3.43. The number of nitrogens with two attached hydrogens (primary N) is 1. The predicted molar refractivity (Wildman–Crippen MR) is 38.6 cm³/mol. The first-order chi connectivity index (χ1) is 2.41. The third kappa shape index (κ3) is 58400. The monoisotopic (exact) mass is 108 g/mol. The van der Waals surface area contributed by atoms with Crippen LogP contribution >= 0.6 is 0 Å². The fourth-order valence-electron chi connectivity index (χ4n) is 0. The summed E-state index contributed by atoms with van der Waals surface area (Å²) in [4.78, 5) is 0. The van der Waals surface area contributed by atoms with E-state index < -0.39 is 0 Å². The summed E-state index contributed by atoms with van der Waals surface area (Å²) in [6, 6.07) is 0. The predicted octanol–water partition coefficient (Wildman–Crippen LogP) is 1.11. The molecule has 0 bridgehead atoms. The Morgan fingerprint density at radius 1 is 0.857 bits per heavy atom. The van der Waals surface area contributed by atoms with Crippen molar-refractivity contribution < 1.29 is 5.32 Å². The van der Waals surface area contributed by atoms with Gasteiger partial charge in [0.2, 0.25) is 0 Å². The molecule has 0 atom stereocenters. The Bertz CT molecular complexity index is 4.14. The summed E-state index contributed by atoms with van der Waals surface area (Å²) in [5, 5.41) is 2.00. The average molecular weight is 108 g/mol. The second-order valence-electron chi connectivity index (χ2n) is 0.577. The van der Waals surface area contributed by atoms with Crippen LogP contribution in [0.15, 0.2) is 0 Å². The maximum Gasteiger partial charge on any atom is 0.0647 e. The van der Waals surface area contributed by atoms with Gasteiger partial charge in [0.15, 0.2) is 0 Å². The van der Waals surface area contributed by atoms with Gasteiger partial charge in [-0.2, -0.15) is 0 Å². The van der Waals surface area contributed by atoms with Crippen LogP contribution in [0.4, 0.5) is 0 Å². The zero-order chi connectivity index (χ0) is 4.71. The van der Waals surface area contributed by atoms with Gasteiger partial charge >= 0.3 is 0 Å². The molecule has 0 saturated heterocycles. The Morgan fingerprint density at radius 2 is 0.857 bits per heavy atom. The minimum atomic E-state index is 0. The zero-order valence-corrected chi connectivity index (χ0v) is 4.58. The van der Waals surface area contributed by atoms with E-state index in [0.717, 1.165) is 0 Å². The first-order valence-corrected chi connectivity index (χ1v) is 2.15. The van der Waals surface area contributed by atoms with E-state index in [0.29, 0.717) is 0 Å². The minimum absolute atomic E-state index is 0.